The fourth-order valence-electron chi connectivity index (χ4n) is 2.08. The van der Waals surface area contributed by atoms with Crippen LogP contribution in [0, 0.1) is 18.3 Å². The van der Waals surface area contributed by atoms with Gasteiger partial charge in [-0.25, -0.2) is 0 Å². The average Bonchev–Trinajstić information content (AvgIpc) is 3.06. The van der Waals surface area contributed by atoms with Crippen molar-refractivity contribution in [2.24, 2.45) is 0 Å². The number of aryl methyl sites for hydroxylation is 2. The van der Waals surface area contributed by atoms with Gasteiger partial charge in [-0.2, -0.15) is 23.5 Å². The molecule has 2 aromatic rings. The van der Waals surface area contributed by atoms with Crippen LogP contribution in [0.25, 0.3) is 0 Å². The van der Waals surface area contributed by atoms with Crippen LogP contribution in [0.3, 0.4) is 0 Å². The van der Waals surface area contributed by atoms with Crippen LogP contribution in [0.2, 0.25) is 0 Å². The summed E-state index contributed by atoms with van der Waals surface area (Å²) in [5, 5.41) is 17.0. The third-order valence-corrected chi connectivity index (χ3v) is 3.32. The highest BCUT2D eigenvalue weighted by Gasteiger charge is 2.29. The number of hydrogen-bond acceptors (Lipinski definition) is 5. The summed E-state index contributed by atoms with van der Waals surface area (Å²) in [5.74, 6) is -2.28. The number of aromatic nitrogens is 2. The van der Waals surface area contributed by atoms with E-state index in [-0.39, 0.29) is 23.7 Å². The molecule has 0 bridgehead atoms. The van der Waals surface area contributed by atoms with E-state index < -0.39 is 24.6 Å². The number of nitrogens with zero attached hydrogens (tertiary/aromatic N) is 3. The minimum absolute atomic E-state index is 0.0745. The number of carbonyl (C=O) groups excluding carboxylic acids is 2. The number of carbonyl (C=O) groups is 2. The fraction of sp³-hybridized carbons (Fsp3) is 0.294. The van der Waals surface area contributed by atoms with Crippen LogP contribution in [0.1, 0.15) is 12.0 Å². The molecule has 8 nitrogen and oxygen atoms in total. The van der Waals surface area contributed by atoms with Gasteiger partial charge >= 0.3 is 18.0 Å². The van der Waals surface area contributed by atoms with Gasteiger partial charge in [0.25, 0.3) is 0 Å². The van der Waals surface area contributed by atoms with E-state index in [0.717, 1.165) is 0 Å². The molecule has 0 fully saturated rings. The molecule has 0 radical (unpaired) electrons. The van der Waals surface area contributed by atoms with Gasteiger partial charge in [0.15, 0.2) is 12.4 Å². The van der Waals surface area contributed by atoms with Gasteiger partial charge in [0.2, 0.25) is 0 Å². The number of nitrogens with one attached hydrogen (secondary N) is 2. The molecule has 0 saturated heterocycles. The van der Waals surface area contributed by atoms with E-state index in [9.17, 15) is 22.8 Å². The van der Waals surface area contributed by atoms with Crippen LogP contribution in [0.4, 0.5) is 24.7 Å². The van der Waals surface area contributed by atoms with Gasteiger partial charge in [-0.3, -0.25) is 14.3 Å². The molecule has 0 aliphatic heterocycles. The van der Waals surface area contributed by atoms with E-state index in [1.165, 1.54) is 29.1 Å². The van der Waals surface area contributed by atoms with Gasteiger partial charge in [0.05, 0.1) is 24.7 Å². The minimum atomic E-state index is -4.55. The molecule has 148 valence electrons. The van der Waals surface area contributed by atoms with Crippen molar-refractivity contribution in [1.29, 1.82) is 5.26 Å². The number of nitriles is 1. The molecule has 0 aliphatic carbocycles. The summed E-state index contributed by atoms with van der Waals surface area (Å²) in [6, 6.07) is 7.58. The molecular weight excluding hydrogens is 379 g/mol. The van der Waals surface area contributed by atoms with Crippen molar-refractivity contribution in [1.82, 2.24) is 9.78 Å². The summed E-state index contributed by atoms with van der Waals surface area (Å²) in [6.07, 6.45) is -2.80. The second kappa shape index (κ2) is 8.90. The molecule has 1 heterocycles. The molecule has 1 aromatic heterocycles. The first kappa shape index (κ1) is 20.8. The predicted molar refractivity (Wildman–Crippen MR) is 92.4 cm³/mol. The van der Waals surface area contributed by atoms with Crippen LogP contribution in [0.5, 0.6) is 5.75 Å². The molecule has 28 heavy (non-hydrogen) atoms. The first-order chi connectivity index (χ1) is 13.2. The Morgan fingerprint density at radius 1 is 1.25 bits per heavy atom. The number of alkyl halides is 3. The van der Waals surface area contributed by atoms with Gasteiger partial charge in [0, 0.05) is 12.3 Å². The number of hydrogen-bond donors (Lipinski definition) is 2. The molecule has 0 spiro atoms. The molecule has 0 atom stereocenters. The monoisotopic (exact) mass is 395 g/mol. The Labute approximate surface area is 157 Å². The molecular formula is C17H16F3N5O3. The lowest BCUT2D eigenvalue weighted by molar-refractivity contribution is -0.153. The third kappa shape index (κ3) is 6.31. The van der Waals surface area contributed by atoms with Crippen molar-refractivity contribution in [2.75, 3.05) is 17.2 Å². The van der Waals surface area contributed by atoms with Gasteiger partial charge in [-0.15, -0.1) is 0 Å². The second-order valence-electron chi connectivity index (χ2n) is 5.68. The summed E-state index contributed by atoms with van der Waals surface area (Å²) in [4.78, 5) is 24.0. The van der Waals surface area contributed by atoms with Crippen molar-refractivity contribution >= 4 is 23.3 Å². The number of anilines is 2. The van der Waals surface area contributed by atoms with Crippen molar-refractivity contribution in [3.63, 3.8) is 0 Å². The Morgan fingerprint density at radius 2 is 1.96 bits per heavy atom. The largest absolute Gasteiger partial charge is 0.482 e. The van der Waals surface area contributed by atoms with Crippen molar-refractivity contribution in [3.8, 4) is 11.8 Å². The quantitative estimate of drug-likeness (QED) is 0.731. The van der Waals surface area contributed by atoms with Crippen LogP contribution >= 0.6 is 0 Å². The van der Waals surface area contributed by atoms with Gasteiger partial charge in [-0.1, -0.05) is 6.07 Å². The Bertz CT molecular complexity index is 902. The zero-order chi connectivity index (χ0) is 20.7. The van der Waals surface area contributed by atoms with Crippen molar-refractivity contribution < 1.29 is 27.5 Å². The molecule has 11 heteroatoms. The molecule has 2 amide bonds. The van der Waals surface area contributed by atoms with Crippen LogP contribution < -0.4 is 15.4 Å². The Hall–Kier alpha value is -3.55. The molecule has 0 unspecified atom stereocenters. The topological polar surface area (TPSA) is 109 Å². The highest BCUT2D eigenvalue weighted by molar-refractivity contribution is 6.43. The summed E-state index contributed by atoms with van der Waals surface area (Å²) >= 11 is 0. The van der Waals surface area contributed by atoms with E-state index in [0.29, 0.717) is 12.1 Å². The number of benzene rings is 1. The molecule has 2 N–H and O–H groups in total. The van der Waals surface area contributed by atoms with Gasteiger partial charge < -0.3 is 15.4 Å². The first-order valence-electron chi connectivity index (χ1n) is 8.01. The lowest BCUT2D eigenvalue weighted by Gasteiger charge is -2.14. The van der Waals surface area contributed by atoms with Crippen LogP contribution in [0.15, 0.2) is 30.5 Å². The molecule has 0 saturated carbocycles. The molecule has 0 aliphatic rings. The standard InChI is InChI=1S/C17H16F3N5O3/c1-11-3-4-12(13(9-11)28-10-17(18,19)20)22-15(26)16(27)23-14-5-8-25(24-14)7-2-6-21/h3-5,8-9H,2,7,10H2,1H3,(H,22,26)(H,23,24,27). The lowest BCUT2D eigenvalue weighted by Crippen LogP contribution is -2.29. The Morgan fingerprint density at radius 3 is 2.64 bits per heavy atom. The highest BCUT2D eigenvalue weighted by atomic mass is 19.4. The summed E-state index contributed by atoms with van der Waals surface area (Å²) in [7, 11) is 0. The van der Waals surface area contributed by atoms with Gasteiger partial charge in [0.1, 0.15) is 5.75 Å². The predicted octanol–water partition coefficient (Wildman–Crippen LogP) is 2.62. The number of rotatable bonds is 6. The maximum atomic E-state index is 12.4. The van der Waals surface area contributed by atoms with E-state index in [1.54, 1.807) is 13.0 Å². The molecule has 2 rings (SSSR count). The number of ether oxygens (including phenoxy) is 1. The number of amides is 2. The Balaban J connectivity index is 2.02. The zero-order valence-electron chi connectivity index (χ0n) is 14.7. The van der Waals surface area contributed by atoms with Crippen LogP contribution in [-0.2, 0) is 16.1 Å². The first-order valence-corrected chi connectivity index (χ1v) is 8.01. The fourth-order valence-corrected chi connectivity index (χ4v) is 2.08. The minimum Gasteiger partial charge on any atom is -0.482 e. The zero-order valence-corrected chi connectivity index (χ0v) is 14.7. The summed E-state index contributed by atoms with van der Waals surface area (Å²) in [5.41, 5.74) is 0.539. The van der Waals surface area contributed by atoms with E-state index in [2.05, 4.69) is 15.7 Å². The van der Waals surface area contributed by atoms with E-state index >= 15 is 0 Å². The smallest absolute Gasteiger partial charge is 0.422 e. The highest BCUT2D eigenvalue weighted by Crippen LogP contribution is 2.28. The maximum Gasteiger partial charge on any atom is 0.422 e. The normalized spacial score (nSPS) is 10.8. The summed E-state index contributed by atoms with van der Waals surface area (Å²) < 4.78 is 43.3. The maximum absolute atomic E-state index is 12.4. The van der Waals surface area contributed by atoms with E-state index in [1.807, 2.05) is 6.07 Å². The van der Waals surface area contributed by atoms with E-state index in [4.69, 9.17) is 10.00 Å². The molecule has 1 aromatic carbocycles. The SMILES string of the molecule is Cc1ccc(NC(=O)C(=O)Nc2ccn(CCC#N)n2)c(OCC(F)(F)F)c1. The van der Waals surface area contributed by atoms with Gasteiger partial charge in [-0.05, 0) is 24.6 Å². The average molecular weight is 395 g/mol. The third-order valence-electron chi connectivity index (χ3n) is 3.32. The second-order valence-corrected chi connectivity index (χ2v) is 5.68. The van der Waals surface area contributed by atoms with Crippen molar-refractivity contribution in [3.05, 3.63) is 36.0 Å². The number of halogens is 3. The van der Waals surface area contributed by atoms with Crippen LogP contribution in [-0.4, -0.2) is 34.4 Å². The summed E-state index contributed by atoms with van der Waals surface area (Å²) in [6.45, 7) is 0.425. The Kier molecular flexibility index (Phi) is 6.59. The lowest BCUT2D eigenvalue weighted by atomic mass is 10.2. The van der Waals surface area contributed by atoms with Crippen molar-refractivity contribution in [2.45, 2.75) is 26.1 Å².